The summed E-state index contributed by atoms with van der Waals surface area (Å²) in [6.07, 6.45) is 2.91. The van der Waals surface area contributed by atoms with Gasteiger partial charge in [-0.2, -0.15) is 0 Å². The van der Waals surface area contributed by atoms with Crippen molar-refractivity contribution in [2.75, 3.05) is 14.2 Å². The number of aldehydes is 1. The Balaban J connectivity index is 0. The van der Waals surface area contributed by atoms with E-state index in [4.69, 9.17) is 9.84 Å². The van der Waals surface area contributed by atoms with Gasteiger partial charge in [0.25, 0.3) is 0 Å². The number of methoxy groups -OCH3 is 1. The van der Waals surface area contributed by atoms with E-state index in [0.29, 0.717) is 0 Å². The van der Waals surface area contributed by atoms with Crippen molar-refractivity contribution in [3.05, 3.63) is 11.8 Å². The maximum absolute atomic E-state index is 9.78. The van der Waals surface area contributed by atoms with Crippen molar-refractivity contribution in [2.45, 2.75) is 13.3 Å². The predicted octanol–water partition coefficient (Wildman–Crippen LogP) is 1.17. The van der Waals surface area contributed by atoms with Crippen molar-refractivity contribution in [3.63, 3.8) is 0 Å². The first-order valence-electron chi connectivity index (χ1n) is 2.94. The zero-order valence-electron chi connectivity index (χ0n) is 6.59. The minimum Gasteiger partial charge on any atom is -0.501 e. The Kier molecular flexibility index (Phi) is 13.1. The first-order valence-corrected chi connectivity index (χ1v) is 2.94. The van der Waals surface area contributed by atoms with Gasteiger partial charge >= 0.3 is 0 Å². The summed E-state index contributed by atoms with van der Waals surface area (Å²) in [7, 11) is 2.30. The number of rotatable bonds is 3. The Morgan fingerprint density at radius 2 is 2.00 bits per heavy atom. The zero-order valence-corrected chi connectivity index (χ0v) is 6.59. The second kappa shape index (κ2) is 11.0. The van der Waals surface area contributed by atoms with Crippen molar-refractivity contribution >= 4 is 6.29 Å². The summed E-state index contributed by atoms with van der Waals surface area (Å²) >= 11 is 0. The molecule has 0 aliphatic rings. The van der Waals surface area contributed by atoms with Gasteiger partial charge < -0.3 is 4.74 Å². The van der Waals surface area contributed by atoms with Crippen molar-refractivity contribution < 1.29 is 14.6 Å². The molecule has 59 valence electrons. The summed E-state index contributed by atoms with van der Waals surface area (Å²) in [5, 5.41) is 8.25. The molecule has 0 amide bonds. The molecule has 0 saturated carbocycles. The number of hydrogen-bond donors (Lipinski definition) is 0. The van der Waals surface area contributed by atoms with Crippen molar-refractivity contribution in [1.82, 2.24) is 0 Å². The quantitative estimate of drug-likeness (QED) is 0.340. The highest BCUT2D eigenvalue weighted by molar-refractivity contribution is 5.65. The van der Waals surface area contributed by atoms with Gasteiger partial charge in [-0.3, -0.25) is 4.79 Å². The molecule has 0 N–H and O–H groups in total. The maximum Gasteiger partial charge on any atom is 0.146 e. The lowest BCUT2D eigenvalue weighted by Gasteiger charge is -1.97. The molecule has 0 aliphatic carbocycles. The monoisotopic (exact) mass is 145 g/mol. The molecular weight excluding hydrogens is 132 g/mol. The van der Waals surface area contributed by atoms with Crippen LogP contribution >= 0.6 is 0 Å². The van der Waals surface area contributed by atoms with Gasteiger partial charge in [-0.05, 0) is 0 Å². The third-order valence-electron chi connectivity index (χ3n) is 0.865. The number of hydrogen-bond acceptors (Lipinski definition) is 2. The summed E-state index contributed by atoms with van der Waals surface area (Å²) < 4.78 is 4.77. The smallest absolute Gasteiger partial charge is 0.146 e. The second-order valence-corrected chi connectivity index (χ2v) is 1.33. The van der Waals surface area contributed by atoms with Crippen LogP contribution in [0.25, 0.3) is 0 Å². The van der Waals surface area contributed by atoms with Crippen LogP contribution in [0.15, 0.2) is 11.8 Å². The largest absolute Gasteiger partial charge is 0.501 e. The summed E-state index contributed by atoms with van der Waals surface area (Å²) in [6, 6.07) is 0. The Hall–Kier alpha value is -0.830. The number of carbonyl (C=O) groups is 1. The van der Waals surface area contributed by atoms with Crippen LogP contribution < -0.4 is 0 Å². The van der Waals surface area contributed by atoms with E-state index in [1.54, 1.807) is 7.11 Å². The van der Waals surface area contributed by atoms with E-state index in [1.807, 2.05) is 6.92 Å². The van der Waals surface area contributed by atoms with Crippen LogP contribution in [0.4, 0.5) is 0 Å². The highest BCUT2D eigenvalue weighted by Gasteiger charge is 1.85. The maximum atomic E-state index is 9.78. The molecule has 0 spiro atoms. The molecule has 3 heteroatoms. The summed E-state index contributed by atoms with van der Waals surface area (Å²) in [5.41, 5.74) is 0. The molecule has 0 heterocycles. The minimum absolute atomic E-state index is 0.722. The fourth-order valence-electron chi connectivity index (χ4n) is 0.406. The normalized spacial score (nSPS) is 9.40. The molecule has 0 aromatic heterocycles. The number of ether oxygens (including phenoxy) is 1. The van der Waals surface area contributed by atoms with Crippen LogP contribution in [0, 0.1) is 0 Å². The Morgan fingerprint density at radius 3 is 2.10 bits per heavy atom. The second-order valence-electron chi connectivity index (χ2n) is 1.33. The van der Waals surface area contributed by atoms with Gasteiger partial charge in [0.2, 0.25) is 0 Å². The zero-order chi connectivity index (χ0) is 8.41. The molecule has 0 aromatic rings. The number of carbonyl (C=O) groups excluding carboxylic acids is 1. The summed E-state index contributed by atoms with van der Waals surface area (Å²) in [6.45, 7) is 1.93. The number of allylic oxidation sites excluding steroid dienone is 2. The van der Waals surface area contributed by atoms with Crippen LogP contribution in [-0.4, -0.2) is 20.5 Å². The molecule has 1 radical (unpaired) electrons. The van der Waals surface area contributed by atoms with Crippen LogP contribution in [0.3, 0.4) is 0 Å². The van der Waals surface area contributed by atoms with Gasteiger partial charge in [0.15, 0.2) is 0 Å². The lowest BCUT2D eigenvalue weighted by atomic mass is 10.4. The van der Waals surface area contributed by atoms with Crippen LogP contribution in [0.2, 0.25) is 0 Å². The molecule has 0 unspecified atom stereocenters. The van der Waals surface area contributed by atoms with Gasteiger partial charge in [-0.1, -0.05) is 6.92 Å². The van der Waals surface area contributed by atoms with E-state index >= 15 is 0 Å². The van der Waals surface area contributed by atoms with E-state index in [9.17, 15) is 4.79 Å². The molecular formula is C7H13O3. The Bertz CT molecular complexity index is 91.0. The first-order chi connectivity index (χ1) is 4.85. The predicted molar refractivity (Wildman–Crippen MR) is 38.1 cm³/mol. The minimum atomic E-state index is 0.722. The molecule has 0 saturated heterocycles. The van der Waals surface area contributed by atoms with Crippen molar-refractivity contribution in [2.24, 2.45) is 0 Å². The van der Waals surface area contributed by atoms with E-state index in [0.717, 1.165) is 25.6 Å². The van der Waals surface area contributed by atoms with Gasteiger partial charge in [-0.25, -0.2) is 5.11 Å². The van der Waals surface area contributed by atoms with E-state index < -0.39 is 0 Å². The molecule has 0 rings (SSSR count). The fourth-order valence-corrected chi connectivity index (χ4v) is 0.406. The van der Waals surface area contributed by atoms with Gasteiger partial charge in [0.1, 0.15) is 6.29 Å². The van der Waals surface area contributed by atoms with Crippen LogP contribution in [-0.2, 0) is 14.6 Å². The average molecular weight is 145 g/mol. The van der Waals surface area contributed by atoms with Crippen molar-refractivity contribution in [3.8, 4) is 0 Å². The van der Waals surface area contributed by atoms with Crippen LogP contribution in [0.1, 0.15) is 13.3 Å². The van der Waals surface area contributed by atoms with Gasteiger partial charge in [0, 0.05) is 12.5 Å². The average Bonchev–Trinajstić information content (AvgIpc) is 2.04. The Labute approximate surface area is 61.3 Å². The van der Waals surface area contributed by atoms with E-state index in [-0.39, 0.29) is 0 Å². The lowest BCUT2D eigenvalue weighted by molar-refractivity contribution is -0.104. The molecule has 0 aliphatic heterocycles. The summed E-state index contributed by atoms with van der Waals surface area (Å²) in [4.78, 5) is 9.78. The highest BCUT2D eigenvalue weighted by atomic mass is 16.5. The van der Waals surface area contributed by atoms with Crippen molar-refractivity contribution in [1.29, 1.82) is 0 Å². The molecule has 3 nitrogen and oxygen atoms in total. The topological polar surface area (TPSA) is 46.2 Å². The molecule has 0 aromatic carbocycles. The van der Waals surface area contributed by atoms with Gasteiger partial charge in [0.05, 0.1) is 20.0 Å². The fraction of sp³-hybridized carbons (Fsp3) is 0.571. The van der Waals surface area contributed by atoms with E-state index in [2.05, 4.69) is 0 Å². The van der Waals surface area contributed by atoms with Gasteiger partial charge in [-0.15, -0.1) is 0 Å². The molecule has 0 atom stereocenters. The van der Waals surface area contributed by atoms with E-state index in [1.165, 1.54) is 6.08 Å². The van der Waals surface area contributed by atoms with Crippen LogP contribution in [0.5, 0.6) is 0 Å². The molecule has 10 heavy (non-hydrogen) atoms. The summed E-state index contributed by atoms with van der Waals surface area (Å²) in [5.74, 6) is 0.722. The Morgan fingerprint density at radius 1 is 1.50 bits per heavy atom. The standard InChI is InChI=1S/C6H10O2.CH3O/c1-3-6(8-2)4-5-7;1-2/h4-5H,3H2,1-2H3;1H3. The molecule has 0 fully saturated rings. The third-order valence-corrected chi connectivity index (χ3v) is 0.865. The first kappa shape index (κ1) is 11.9. The third kappa shape index (κ3) is 7.17. The highest BCUT2D eigenvalue weighted by Crippen LogP contribution is 1.97. The SMILES string of the molecule is CCC(=CC=O)OC.C[O]. The molecule has 0 bridgehead atoms. The lowest BCUT2D eigenvalue weighted by Crippen LogP contribution is -1.83.